The molecule has 0 radical (unpaired) electrons. The summed E-state index contributed by atoms with van der Waals surface area (Å²) in [5.74, 6) is 0.969. The molecule has 2 N–H and O–H groups in total. The molecule has 4 nitrogen and oxygen atoms in total. The first kappa shape index (κ1) is 14.9. The van der Waals surface area contributed by atoms with Crippen LogP contribution in [0, 0.1) is 5.92 Å². The van der Waals surface area contributed by atoms with E-state index in [1.807, 2.05) is 36.1 Å². The van der Waals surface area contributed by atoms with Crippen LogP contribution in [0.4, 0.5) is 0 Å². The van der Waals surface area contributed by atoms with Gasteiger partial charge in [-0.1, -0.05) is 12.1 Å². The van der Waals surface area contributed by atoms with Crippen LogP contribution < -0.4 is 10.5 Å². The molecule has 1 aromatic carbocycles. The van der Waals surface area contributed by atoms with Crippen LogP contribution in [-0.4, -0.2) is 37.0 Å². The van der Waals surface area contributed by atoms with Crippen molar-refractivity contribution in [3.05, 3.63) is 29.8 Å². The van der Waals surface area contributed by atoms with E-state index in [0.29, 0.717) is 19.6 Å². The Kier molecular flexibility index (Phi) is 5.41. The van der Waals surface area contributed by atoms with Gasteiger partial charge in [0.2, 0.25) is 5.91 Å². The van der Waals surface area contributed by atoms with Crippen molar-refractivity contribution >= 4 is 5.91 Å². The fraction of sp³-hybridized carbons (Fsp3) is 0.562. The topological polar surface area (TPSA) is 55.6 Å². The van der Waals surface area contributed by atoms with E-state index >= 15 is 0 Å². The molecule has 1 aliphatic heterocycles. The molecule has 20 heavy (non-hydrogen) atoms. The molecule has 0 saturated carbocycles. The Hall–Kier alpha value is -1.55. The standard InChI is InChI=1S/C16H24N2O2/c1-2-20-15-7-5-13(6-8-15)11-14(12-17)16(19)18-9-3-4-10-18/h5-8,14H,2-4,9-12,17H2,1H3. The molecule has 0 aliphatic carbocycles. The summed E-state index contributed by atoms with van der Waals surface area (Å²) in [6.45, 7) is 4.81. The molecule has 0 bridgehead atoms. The summed E-state index contributed by atoms with van der Waals surface area (Å²) in [7, 11) is 0. The van der Waals surface area contributed by atoms with Gasteiger partial charge in [0, 0.05) is 19.6 Å². The maximum absolute atomic E-state index is 12.4. The first-order valence-corrected chi connectivity index (χ1v) is 7.45. The molecule has 110 valence electrons. The van der Waals surface area contributed by atoms with E-state index in [4.69, 9.17) is 10.5 Å². The number of amides is 1. The maximum atomic E-state index is 12.4. The summed E-state index contributed by atoms with van der Waals surface area (Å²) >= 11 is 0. The first-order chi connectivity index (χ1) is 9.74. The maximum Gasteiger partial charge on any atom is 0.227 e. The Morgan fingerprint density at radius 3 is 2.50 bits per heavy atom. The van der Waals surface area contributed by atoms with Crippen LogP contribution in [0.2, 0.25) is 0 Å². The highest BCUT2D eigenvalue weighted by molar-refractivity contribution is 5.79. The highest BCUT2D eigenvalue weighted by atomic mass is 16.5. The fourth-order valence-electron chi connectivity index (χ4n) is 2.64. The Morgan fingerprint density at radius 1 is 1.30 bits per heavy atom. The molecular weight excluding hydrogens is 252 g/mol. The van der Waals surface area contributed by atoms with Crippen molar-refractivity contribution in [1.82, 2.24) is 4.90 Å². The number of hydrogen-bond donors (Lipinski definition) is 1. The summed E-state index contributed by atoms with van der Waals surface area (Å²) in [4.78, 5) is 14.3. The second-order valence-electron chi connectivity index (χ2n) is 5.25. The van der Waals surface area contributed by atoms with Crippen LogP contribution in [0.5, 0.6) is 5.75 Å². The molecule has 1 aliphatic rings. The lowest BCUT2D eigenvalue weighted by Crippen LogP contribution is -2.38. The highest BCUT2D eigenvalue weighted by Gasteiger charge is 2.25. The largest absolute Gasteiger partial charge is 0.494 e. The predicted octanol–water partition coefficient (Wildman–Crippen LogP) is 1.83. The van der Waals surface area contributed by atoms with Crippen LogP contribution in [0.25, 0.3) is 0 Å². The predicted molar refractivity (Wildman–Crippen MR) is 79.7 cm³/mol. The van der Waals surface area contributed by atoms with Gasteiger partial charge >= 0.3 is 0 Å². The fourth-order valence-corrected chi connectivity index (χ4v) is 2.64. The second kappa shape index (κ2) is 7.29. The zero-order valence-corrected chi connectivity index (χ0v) is 12.2. The Balaban J connectivity index is 1.96. The number of carbonyl (C=O) groups is 1. The van der Waals surface area contributed by atoms with Crippen LogP contribution >= 0.6 is 0 Å². The van der Waals surface area contributed by atoms with E-state index in [1.54, 1.807) is 0 Å². The second-order valence-corrected chi connectivity index (χ2v) is 5.25. The minimum atomic E-state index is -0.106. The van der Waals surface area contributed by atoms with Crippen molar-refractivity contribution in [1.29, 1.82) is 0 Å². The Labute approximate surface area is 120 Å². The van der Waals surface area contributed by atoms with Gasteiger partial charge in [-0.15, -0.1) is 0 Å². The van der Waals surface area contributed by atoms with Crippen molar-refractivity contribution in [3.8, 4) is 5.75 Å². The van der Waals surface area contributed by atoms with Gasteiger partial charge in [0.15, 0.2) is 0 Å². The van der Waals surface area contributed by atoms with Gasteiger partial charge in [0.1, 0.15) is 5.75 Å². The number of nitrogens with two attached hydrogens (primary N) is 1. The molecule has 2 rings (SSSR count). The SMILES string of the molecule is CCOc1ccc(CC(CN)C(=O)N2CCCC2)cc1. The van der Waals surface area contributed by atoms with Crippen LogP contribution in [0.1, 0.15) is 25.3 Å². The molecule has 1 heterocycles. The van der Waals surface area contributed by atoms with Crippen molar-refractivity contribution in [2.75, 3.05) is 26.2 Å². The Bertz CT molecular complexity index is 425. The van der Waals surface area contributed by atoms with Gasteiger partial charge in [-0.25, -0.2) is 0 Å². The van der Waals surface area contributed by atoms with Gasteiger partial charge in [0.05, 0.1) is 12.5 Å². The third kappa shape index (κ3) is 3.73. The van der Waals surface area contributed by atoms with Crippen molar-refractivity contribution in [3.63, 3.8) is 0 Å². The van der Waals surface area contributed by atoms with E-state index in [1.165, 1.54) is 0 Å². The summed E-state index contributed by atoms with van der Waals surface area (Å²) in [5.41, 5.74) is 6.93. The molecule has 0 aromatic heterocycles. The molecule has 0 spiro atoms. The third-order valence-electron chi connectivity index (χ3n) is 3.77. The minimum Gasteiger partial charge on any atom is -0.494 e. The van der Waals surface area contributed by atoms with Gasteiger partial charge in [-0.2, -0.15) is 0 Å². The first-order valence-electron chi connectivity index (χ1n) is 7.45. The van der Waals surface area contributed by atoms with E-state index < -0.39 is 0 Å². The number of carbonyl (C=O) groups excluding carboxylic acids is 1. The lowest BCUT2D eigenvalue weighted by molar-refractivity contribution is -0.134. The number of ether oxygens (including phenoxy) is 1. The smallest absolute Gasteiger partial charge is 0.227 e. The molecule has 1 fully saturated rings. The van der Waals surface area contributed by atoms with E-state index in [2.05, 4.69) is 0 Å². The molecule has 1 atom stereocenters. The van der Waals surface area contributed by atoms with E-state index in [-0.39, 0.29) is 11.8 Å². The average molecular weight is 276 g/mol. The molecular formula is C16H24N2O2. The highest BCUT2D eigenvalue weighted by Crippen LogP contribution is 2.18. The van der Waals surface area contributed by atoms with E-state index in [0.717, 1.165) is 37.2 Å². The number of benzene rings is 1. The zero-order chi connectivity index (χ0) is 14.4. The zero-order valence-electron chi connectivity index (χ0n) is 12.2. The minimum absolute atomic E-state index is 0.106. The normalized spacial score (nSPS) is 16.2. The summed E-state index contributed by atoms with van der Waals surface area (Å²) in [6, 6.07) is 7.94. The van der Waals surface area contributed by atoms with Gasteiger partial charge in [-0.3, -0.25) is 4.79 Å². The average Bonchev–Trinajstić information content (AvgIpc) is 3.00. The van der Waals surface area contributed by atoms with Crippen molar-refractivity contribution in [2.45, 2.75) is 26.2 Å². The van der Waals surface area contributed by atoms with Gasteiger partial charge < -0.3 is 15.4 Å². The molecule has 4 heteroatoms. The number of rotatable bonds is 6. The lowest BCUT2D eigenvalue weighted by Gasteiger charge is -2.22. The quantitative estimate of drug-likeness (QED) is 0.862. The van der Waals surface area contributed by atoms with Crippen LogP contribution in [-0.2, 0) is 11.2 Å². The third-order valence-corrected chi connectivity index (χ3v) is 3.77. The van der Waals surface area contributed by atoms with Crippen molar-refractivity contribution < 1.29 is 9.53 Å². The molecule has 1 saturated heterocycles. The summed E-state index contributed by atoms with van der Waals surface area (Å²) in [6.07, 6.45) is 2.94. The monoisotopic (exact) mass is 276 g/mol. The van der Waals surface area contributed by atoms with Gasteiger partial charge in [0.25, 0.3) is 0 Å². The Morgan fingerprint density at radius 2 is 1.95 bits per heavy atom. The number of hydrogen-bond acceptors (Lipinski definition) is 3. The molecule has 1 unspecified atom stereocenters. The van der Waals surface area contributed by atoms with Crippen LogP contribution in [0.15, 0.2) is 24.3 Å². The van der Waals surface area contributed by atoms with Gasteiger partial charge in [-0.05, 0) is 43.9 Å². The van der Waals surface area contributed by atoms with E-state index in [9.17, 15) is 4.79 Å². The summed E-state index contributed by atoms with van der Waals surface area (Å²) in [5, 5.41) is 0. The molecule has 1 amide bonds. The summed E-state index contributed by atoms with van der Waals surface area (Å²) < 4.78 is 5.42. The van der Waals surface area contributed by atoms with Crippen molar-refractivity contribution in [2.24, 2.45) is 11.7 Å². The number of likely N-dealkylation sites (tertiary alicyclic amines) is 1. The van der Waals surface area contributed by atoms with Crippen LogP contribution in [0.3, 0.4) is 0 Å². The number of nitrogens with zero attached hydrogens (tertiary/aromatic N) is 1. The molecule has 1 aromatic rings. The lowest BCUT2D eigenvalue weighted by atomic mass is 9.98.